The molecule has 0 aliphatic heterocycles. The van der Waals surface area contributed by atoms with Crippen LogP contribution < -0.4 is 0 Å². The Kier molecular flexibility index (Phi) is 32.2. The molecule has 20 heteroatoms. The van der Waals surface area contributed by atoms with Gasteiger partial charge in [0.2, 0.25) is 0 Å². The lowest BCUT2D eigenvalue weighted by Crippen LogP contribution is -2.44. The smallest absolute Gasteiger partial charge is 0.377 e. The zero-order chi connectivity index (χ0) is 41.6. The number of hydrogen-bond donors (Lipinski definition) is 0. The maximum absolute atomic E-state index is 5.69. The summed E-state index contributed by atoms with van der Waals surface area (Å²) in [4.78, 5) is 9.98. The Morgan fingerprint density at radius 1 is 0.255 bits per heavy atom. The summed E-state index contributed by atoms with van der Waals surface area (Å²) in [5.41, 5.74) is 0. The highest BCUT2D eigenvalue weighted by atomic mass is 28.4. The topological polar surface area (TPSA) is 124 Å². The molecule has 0 aromatic heterocycles. The molecule has 0 fully saturated rings. The molecule has 0 aliphatic carbocycles. The van der Waals surface area contributed by atoms with Crippen molar-refractivity contribution in [2.75, 3.05) is 165 Å². The molecule has 0 aromatic rings. The lowest BCUT2D eigenvalue weighted by Gasteiger charge is -2.29. The molecule has 332 valence electrons. The lowest BCUT2D eigenvalue weighted by atomic mass is 10.2. The van der Waals surface area contributed by atoms with Crippen LogP contribution in [0.5, 0.6) is 0 Å². The van der Waals surface area contributed by atoms with Crippen LogP contribution in [0.1, 0.15) is 44.9 Å². The molecule has 16 nitrogen and oxygen atoms in total. The third-order valence-electron chi connectivity index (χ3n) is 10.7. The summed E-state index contributed by atoms with van der Waals surface area (Å²) in [6.45, 7) is 10.0. The average Bonchev–Trinajstić information content (AvgIpc) is 3.21. The molecule has 0 spiro atoms. The zero-order valence-corrected chi connectivity index (χ0v) is 41.5. The van der Waals surface area contributed by atoms with E-state index in [0.29, 0.717) is 0 Å². The van der Waals surface area contributed by atoms with E-state index in [4.69, 9.17) is 53.1 Å². The van der Waals surface area contributed by atoms with Crippen LogP contribution in [0.3, 0.4) is 0 Å². The first-order valence-corrected chi connectivity index (χ1v) is 27.5. The van der Waals surface area contributed by atoms with E-state index in [1.807, 2.05) is 0 Å². The minimum atomic E-state index is -2.61. The van der Waals surface area contributed by atoms with Gasteiger partial charge in [-0.1, -0.05) is 0 Å². The Bertz CT molecular complexity index is 839. The van der Waals surface area contributed by atoms with Crippen molar-refractivity contribution in [1.82, 2.24) is 19.6 Å². The second-order valence-corrected chi connectivity index (χ2v) is 26.3. The summed E-state index contributed by atoms with van der Waals surface area (Å²) in [6, 6.07) is 3.15. The first kappa shape index (κ1) is 55.2. The van der Waals surface area contributed by atoms with Gasteiger partial charge in [-0.2, -0.15) is 0 Å². The molecule has 55 heavy (non-hydrogen) atoms. The van der Waals surface area contributed by atoms with E-state index in [2.05, 4.69) is 33.7 Å². The van der Waals surface area contributed by atoms with E-state index in [1.165, 1.54) is 0 Å². The van der Waals surface area contributed by atoms with Gasteiger partial charge in [-0.3, -0.25) is 0 Å². The van der Waals surface area contributed by atoms with Crippen molar-refractivity contribution in [3.05, 3.63) is 0 Å². The Labute approximate surface area is 341 Å². The number of rotatable bonds is 40. The predicted octanol–water partition coefficient (Wildman–Crippen LogP) is 3.70. The molecule has 0 radical (unpaired) electrons. The molecular formula is C35H84N4O12Si4. The van der Waals surface area contributed by atoms with Crippen molar-refractivity contribution in [2.45, 2.75) is 69.1 Å². The molecule has 0 aromatic carbocycles. The normalized spacial score (nSPS) is 13.4. The molecule has 0 saturated heterocycles. The fraction of sp³-hybridized carbons (Fsp3) is 1.00. The third-order valence-corrected chi connectivity index (χ3v) is 22.0. The highest BCUT2D eigenvalue weighted by Crippen LogP contribution is 2.19. The predicted molar refractivity (Wildman–Crippen MR) is 227 cm³/mol. The van der Waals surface area contributed by atoms with E-state index in [9.17, 15) is 0 Å². The quantitative estimate of drug-likeness (QED) is 0.0832. The molecule has 0 aliphatic rings. The maximum atomic E-state index is 5.69. The molecule has 0 atom stereocenters. The fourth-order valence-electron chi connectivity index (χ4n) is 6.93. The maximum Gasteiger partial charge on any atom is 0.500 e. The van der Waals surface area contributed by atoms with Crippen LogP contribution >= 0.6 is 0 Å². The monoisotopic (exact) mass is 865 g/mol. The van der Waals surface area contributed by atoms with Crippen LogP contribution in [0.2, 0.25) is 24.2 Å². The second-order valence-electron chi connectivity index (χ2n) is 13.9. The molecule has 0 N–H and O–H groups in total. The van der Waals surface area contributed by atoms with Crippen LogP contribution in [0, 0.1) is 0 Å². The number of hydrogen-bond acceptors (Lipinski definition) is 16. The van der Waals surface area contributed by atoms with Crippen molar-refractivity contribution >= 4 is 35.2 Å². The van der Waals surface area contributed by atoms with E-state index in [-0.39, 0.29) is 0 Å². The van der Waals surface area contributed by atoms with Crippen LogP contribution in [0.25, 0.3) is 0 Å². The molecule has 0 saturated carbocycles. The fourth-order valence-corrected chi connectivity index (χ4v) is 13.7. The highest BCUT2D eigenvalue weighted by Gasteiger charge is 2.39. The van der Waals surface area contributed by atoms with Gasteiger partial charge < -0.3 is 72.7 Å². The Balaban J connectivity index is 5.17. The minimum absolute atomic E-state index is 0.775. The lowest BCUT2D eigenvalue weighted by molar-refractivity contribution is 0.119. The van der Waals surface area contributed by atoms with Crippen LogP contribution in [-0.4, -0.2) is 220 Å². The van der Waals surface area contributed by atoms with Crippen LogP contribution in [-0.2, 0) is 53.1 Å². The highest BCUT2D eigenvalue weighted by molar-refractivity contribution is 6.61. The summed E-state index contributed by atoms with van der Waals surface area (Å²) in [5.74, 6) is 0. The summed E-state index contributed by atoms with van der Waals surface area (Å²) in [7, 11) is 14.2. The van der Waals surface area contributed by atoms with Crippen molar-refractivity contribution in [3.63, 3.8) is 0 Å². The Morgan fingerprint density at radius 3 is 0.618 bits per heavy atom. The molecule has 0 heterocycles. The Hall–Kier alpha value is 0.228. The van der Waals surface area contributed by atoms with Gasteiger partial charge in [0.05, 0.1) is 0 Å². The summed E-state index contributed by atoms with van der Waals surface area (Å²) >= 11 is 0. The largest absolute Gasteiger partial charge is 0.500 e. The van der Waals surface area contributed by atoms with Crippen LogP contribution in [0.15, 0.2) is 0 Å². The molecule has 0 amide bonds. The minimum Gasteiger partial charge on any atom is -0.377 e. The van der Waals surface area contributed by atoms with Crippen molar-refractivity contribution < 1.29 is 53.1 Å². The standard InChI is InChI=1S/C35H84N4O12Si4/c1-36(23-16-28-39(30-20-34-54(46-9,47-10)48-11)31-21-35-55(49-12,50-13)51-14)22-15-26-38(29-19-33-53(43-6,44-7)45-8)27-17-24-37(2)25-18-32-52(40-3,41-4)42-5/h15-35H2,1-14H3. The zero-order valence-electron chi connectivity index (χ0n) is 37.5. The van der Waals surface area contributed by atoms with Crippen molar-refractivity contribution in [1.29, 1.82) is 0 Å². The summed E-state index contributed by atoms with van der Waals surface area (Å²) < 4.78 is 67.9. The van der Waals surface area contributed by atoms with Gasteiger partial charge >= 0.3 is 35.2 Å². The van der Waals surface area contributed by atoms with Gasteiger partial charge in [0.15, 0.2) is 0 Å². The van der Waals surface area contributed by atoms with Crippen molar-refractivity contribution in [2.24, 2.45) is 0 Å². The summed E-state index contributed by atoms with van der Waals surface area (Å²) in [6.07, 6.45) is 7.08. The average molecular weight is 865 g/mol. The third kappa shape index (κ3) is 21.9. The number of nitrogens with zero attached hydrogens (tertiary/aromatic N) is 4. The summed E-state index contributed by atoms with van der Waals surface area (Å²) in [5, 5.41) is 0. The van der Waals surface area contributed by atoms with Gasteiger partial charge in [-0.05, 0) is 124 Å². The second kappa shape index (κ2) is 32.1. The van der Waals surface area contributed by atoms with Gasteiger partial charge in [-0.25, -0.2) is 0 Å². The molecular weight excluding hydrogens is 781 g/mol. The molecule has 0 bridgehead atoms. The van der Waals surface area contributed by atoms with Gasteiger partial charge in [0, 0.05) is 109 Å². The van der Waals surface area contributed by atoms with Gasteiger partial charge in [0.1, 0.15) is 0 Å². The molecule has 0 rings (SSSR count). The van der Waals surface area contributed by atoms with E-state index < -0.39 is 35.2 Å². The van der Waals surface area contributed by atoms with E-state index in [1.54, 1.807) is 85.3 Å². The first-order valence-electron chi connectivity index (χ1n) is 19.8. The van der Waals surface area contributed by atoms with Gasteiger partial charge in [0.25, 0.3) is 0 Å². The van der Waals surface area contributed by atoms with Crippen molar-refractivity contribution in [3.8, 4) is 0 Å². The van der Waals surface area contributed by atoms with E-state index in [0.717, 1.165) is 135 Å². The SMILES string of the molecule is CO[Si](CCCN(C)CCCN(CCCN(C)CCCN(CCC[Si](OC)(OC)OC)CCC[Si](OC)(OC)OC)CCC[Si](OC)(OC)OC)(OC)OC. The van der Waals surface area contributed by atoms with Gasteiger partial charge in [-0.15, -0.1) is 0 Å². The first-order chi connectivity index (χ1) is 26.4. The Morgan fingerprint density at radius 2 is 0.418 bits per heavy atom. The molecule has 0 unspecified atom stereocenters. The van der Waals surface area contributed by atoms with Crippen LogP contribution in [0.4, 0.5) is 0 Å². The van der Waals surface area contributed by atoms with E-state index >= 15 is 0 Å².